The van der Waals surface area contributed by atoms with Crippen LogP contribution in [-0.2, 0) is 6.42 Å². The molecule has 1 saturated heterocycles. The van der Waals surface area contributed by atoms with Crippen LogP contribution in [-0.4, -0.2) is 23.3 Å². The lowest BCUT2D eigenvalue weighted by Crippen LogP contribution is -2.18. The molecular formula is C9H13N3. The van der Waals surface area contributed by atoms with Crippen molar-refractivity contribution in [3.8, 4) is 0 Å². The number of aromatic nitrogens is 2. The minimum Gasteiger partial charge on any atom is -0.316 e. The number of fused-ring (bicyclic) bond motifs is 3. The topological polar surface area (TPSA) is 40.7 Å². The van der Waals surface area contributed by atoms with Gasteiger partial charge < -0.3 is 5.32 Å². The first-order valence-corrected chi connectivity index (χ1v) is 4.68. The number of hydrogen-bond acceptors (Lipinski definition) is 2. The van der Waals surface area contributed by atoms with Crippen LogP contribution < -0.4 is 5.32 Å². The van der Waals surface area contributed by atoms with Gasteiger partial charge in [-0.25, -0.2) is 0 Å². The fourth-order valence-electron chi connectivity index (χ4n) is 2.56. The second kappa shape index (κ2) is 2.33. The van der Waals surface area contributed by atoms with Crippen molar-refractivity contribution >= 4 is 0 Å². The van der Waals surface area contributed by atoms with Gasteiger partial charge in [0.2, 0.25) is 0 Å². The smallest absolute Gasteiger partial charge is 0.0522 e. The van der Waals surface area contributed by atoms with E-state index in [2.05, 4.69) is 15.5 Å². The highest BCUT2D eigenvalue weighted by Gasteiger charge is 2.34. The predicted octanol–water partition coefficient (Wildman–Crippen LogP) is 0.659. The van der Waals surface area contributed by atoms with E-state index in [0.717, 1.165) is 18.4 Å². The van der Waals surface area contributed by atoms with E-state index >= 15 is 0 Å². The van der Waals surface area contributed by atoms with Crippen molar-refractivity contribution in [3.63, 3.8) is 0 Å². The first-order chi connectivity index (χ1) is 5.95. The van der Waals surface area contributed by atoms with Crippen LogP contribution in [0.5, 0.6) is 0 Å². The molecule has 0 saturated carbocycles. The Balaban J connectivity index is 2.04. The molecule has 0 unspecified atom stereocenters. The highest BCUT2D eigenvalue weighted by molar-refractivity contribution is 5.26. The molecule has 0 bridgehead atoms. The van der Waals surface area contributed by atoms with Crippen LogP contribution in [0.4, 0.5) is 0 Å². The number of nitrogens with zero attached hydrogens (tertiary/aromatic N) is 1. The van der Waals surface area contributed by atoms with E-state index in [1.165, 1.54) is 30.6 Å². The van der Waals surface area contributed by atoms with Crippen molar-refractivity contribution in [1.82, 2.24) is 15.5 Å². The summed E-state index contributed by atoms with van der Waals surface area (Å²) in [7, 11) is 0. The molecule has 1 aromatic rings. The van der Waals surface area contributed by atoms with Crippen molar-refractivity contribution in [2.24, 2.45) is 5.92 Å². The van der Waals surface area contributed by atoms with E-state index in [4.69, 9.17) is 0 Å². The van der Waals surface area contributed by atoms with Crippen LogP contribution in [0, 0.1) is 5.92 Å². The fourth-order valence-corrected chi connectivity index (χ4v) is 2.56. The van der Waals surface area contributed by atoms with Crippen molar-refractivity contribution in [2.75, 3.05) is 13.1 Å². The van der Waals surface area contributed by atoms with E-state index in [0.29, 0.717) is 0 Å². The van der Waals surface area contributed by atoms with Crippen molar-refractivity contribution < 1.29 is 0 Å². The zero-order chi connectivity index (χ0) is 7.97. The zero-order valence-corrected chi connectivity index (χ0v) is 7.01. The largest absolute Gasteiger partial charge is 0.316 e. The molecule has 3 rings (SSSR count). The van der Waals surface area contributed by atoms with Gasteiger partial charge in [-0.2, -0.15) is 5.10 Å². The standard InChI is InChI=1S/C9H13N3/c1-2-7-4-11-12-9(7)8-5-10-3-6(1)8/h4,6,8,10H,1-3,5H2,(H,11,12)/t6-,8-/m0/s1. The molecule has 3 heteroatoms. The van der Waals surface area contributed by atoms with Crippen molar-refractivity contribution in [2.45, 2.75) is 18.8 Å². The number of hydrogen-bond donors (Lipinski definition) is 2. The molecule has 2 heterocycles. The highest BCUT2D eigenvalue weighted by atomic mass is 15.1. The molecule has 1 aliphatic carbocycles. The van der Waals surface area contributed by atoms with Gasteiger partial charge in [-0.05, 0) is 30.9 Å². The van der Waals surface area contributed by atoms with Gasteiger partial charge in [-0.3, -0.25) is 5.10 Å². The molecule has 0 aromatic carbocycles. The van der Waals surface area contributed by atoms with Crippen LogP contribution in [0.25, 0.3) is 0 Å². The Morgan fingerprint density at radius 1 is 1.42 bits per heavy atom. The summed E-state index contributed by atoms with van der Waals surface area (Å²) in [6.45, 7) is 2.34. The Bertz CT molecular complexity index is 292. The SMILES string of the molecule is c1n[nH]c2c1CC[C@H]1CNC[C@H]21. The summed E-state index contributed by atoms with van der Waals surface area (Å²) < 4.78 is 0. The lowest BCUT2D eigenvalue weighted by molar-refractivity contribution is 0.445. The summed E-state index contributed by atoms with van der Waals surface area (Å²) in [5.74, 6) is 1.58. The van der Waals surface area contributed by atoms with Crippen LogP contribution in [0.2, 0.25) is 0 Å². The first kappa shape index (κ1) is 6.66. The molecule has 2 N–H and O–H groups in total. The third-order valence-corrected chi connectivity index (χ3v) is 3.25. The van der Waals surface area contributed by atoms with Crippen LogP contribution in [0.3, 0.4) is 0 Å². The van der Waals surface area contributed by atoms with Gasteiger partial charge in [0.15, 0.2) is 0 Å². The van der Waals surface area contributed by atoms with Gasteiger partial charge in [0.05, 0.1) is 6.20 Å². The van der Waals surface area contributed by atoms with Gasteiger partial charge in [0, 0.05) is 18.2 Å². The monoisotopic (exact) mass is 163 g/mol. The van der Waals surface area contributed by atoms with Crippen LogP contribution in [0.1, 0.15) is 23.6 Å². The van der Waals surface area contributed by atoms with Gasteiger partial charge in [0.1, 0.15) is 0 Å². The molecule has 1 fully saturated rings. The number of aromatic amines is 1. The molecule has 0 spiro atoms. The third-order valence-electron chi connectivity index (χ3n) is 3.25. The van der Waals surface area contributed by atoms with Crippen molar-refractivity contribution in [1.29, 1.82) is 0 Å². The minimum atomic E-state index is 0.719. The molecule has 0 radical (unpaired) electrons. The fraction of sp³-hybridized carbons (Fsp3) is 0.667. The van der Waals surface area contributed by atoms with E-state index < -0.39 is 0 Å². The molecule has 2 aliphatic rings. The maximum absolute atomic E-state index is 4.11. The minimum absolute atomic E-state index is 0.719. The third kappa shape index (κ3) is 0.771. The lowest BCUT2D eigenvalue weighted by Gasteiger charge is -2.23. The summed E-state index contributed by atoms with van der Waals surface area (Å²) in [4.78, 5) is 0. The Morgan fingerprint density at radius 2 is 2.42 bits per heavy atom. The predicted molar refractivity (Wildman–Crippen MR) is 46.0 cm³/mol. The van der Waals surface area contributed by atoms with Crippen LogP contribution in [0.15, 0.2) is 6.20 Å². The Labute approximate surface area is 71.6 Å². The highest BCUT2D eigenvalue weighted by Crippen LogP contribution is 2.36. The number of nitrogens with one attached hydrogen (secondary N) is 2. The molecule has 3 nitrogen and oxygen atoms in total. The number of H-pyrrole nitrogens is 1. The average Bonchev–Trinajstić information content (AvgIpc) is 2.71. The average molecular weight is 163 g/mol. The molecule has 64 valence electrons. The molecule has 0 amide bonds. The molecule has 1 aliphatic heterocycles. The second-order valence-corrected chi connectivity index (χ2v) is 3.87. The Kier molecular flexibility index (Phi) is 1.29. The van der Waals surface area contributed by atoms with Crippen molar-refractivity contribution in [3.05, 3.63) is 17.5 Å². The summed E-state index contributed by atoms with van der Waals surface area (Å²) in [6.07, 6.45) is 4.54. The summed E-state index contributed by atoms with van der Waals surface area (Å²) in [6, 6.07) is 0. The maximum atomic E-state index is 4.11. The number of rotatable bonds is 0. The lowest BCUT2D eigenvalue weighted by atomic mass is 9.81. The summed E-state index contributed by atoms with van der Waals surface area (Å²) >= 11 is 0. The normalized spacial score (nSPS) is 33.0. The van der Waals surface area contributed by atoms with E-state index in [9.17, 15) is 0 Å². The van der Waals surface area contributed by atoms with E-state index in [-0.39, 0.29) is 0 Å². The molecule has 12 heavy (non-hydrogen) atoms. The first-order valence-electron chi connectivity index (χ1n) is 4.68. The number of aryl methyl sites for hydroxylation is 1. The van der Waals surface area contributed by atoms with Gasteiger partial charge in [-0.1, -0.05) is 0 Å². The van der Waals surface area contributed by atoms with Gasteiger partial charge in [-0.15, -0.1) is 0 Å². The van der Waals surface area contributed by atoms with Gasteiger partial charge in [0.25, 0.3) is 0 Å². The summed E-state index contributed by atoms with van der Waals surface area (Å²) in [5.41, 5.74) is 2.84. The molecule has 1 aromatic heterocycles. The maximum Gasteiger partial charge on any atom is 0.0522 e. The Hall–Kier alpha value is -0.830. The Morgan fingerprint density at radius 3 is 3.42 bits per heavy atom. The van der Waals surface area contributed by atoms with Crippen LogP contribution >= 0.6 is 0 Å². The second-order valence-electron chi connectivity index (χ2n) is 3.87. The van der Waals surface area contributed by atoms with Gasteiger partial charge >= 0.3 is 0 Å². The summed E-state index contributed by atoms with van der Waals surface area (Å²) in [5, 5.41) is 10.7. The zero-order valence-electron chi connectivity index (χ0n) is 7.01. The quantitative estimate of drug-likeness (QED) is 0.590. The molecular weight excluding hydrogens is 150 g/mol. The molecule has 2 atom stereocenters. The van der Waals surface area contributed by atoms with E-state index in [1.807, 2.05) is 6.20 Å². The van der Waals surface area contributed by atoms with E-state index in [1.54, 1.807) is 0 Å².